The van der Waals surface area contributed by atoms with E-state index in [-0.39, 0.29) is 11.9 Å². The van der Waals surface area contributed by atoms with Crippen LogP contribution in [0.4, 0.5) is 5.69 Å². The molecule has 0 aliphatic carbocycles. The number of ether oxygens (including phenoxy) is 1. The van der Waals surface area contributed by atoms with Gasteiger partial charge in [0, 0.05) is 44.7 Å². The lowest BCUT2D eigenvalue weighted by molar-refractivity contribution is -0.140. The Balaban J connectivity index is 1.58. The smallest absolute Gasteiger partial charge is 0.305 e. The molecule has 1 heterocycles. The molecule has 0 N–H and O–H groups in total. The van der Waals surface area contributed by atoms with E-state index in [0.717, 1.165) is 51.9 Å². The van der Waals surface area contributed by atoms with Crippen LogP contribution in [0.2, 0.25) is 0 Å². The molecule has 1 aromatic rings. The Morgan fingerprint density at radius 2 is 1.54 bits per heavy atom. The Morgan fingerprint density at radius 3 is 2.17 bits per heavy atom. The minimum Gasteiger partial charge on any atom is -0.469 e. The van der Waals surface area contributed by atoms with Crippen molar-refractivity contribution in [3.8, 4) is 0 Å². The third kappa shape index (κ3) is 5.87. The molecule has 24 heavy (non-hydrogen) atoms. The zero-order valence-electron chi connectivity index (χ0n) is 14.6. The van der Waals surface area contributed by atoms with Crippen LogP contribution in [0.1, 0.15) is 38.5 Å². The molecule has 132 valence electrons. The number of rotatable bonds is 8. The summed E-state index contributed by atoms with van der Waals surface area (Å²) in [5, 5.41) is 0. The minimum absolute atomic E-state index is 0.151. The van der Waals surface area contributed by atoms with Crippen LogP contribution in [0.15, 0.2) is 30.3 Å². The van der Waals surface area contributed by atoms with E-state index in [1.807, 2.05) is 23.1 Å². The third-order valence-electron chi connectivity index (χ3n) is 4.50. The van der Waals surface area contributed by atoms with Gasteiger partial charge in [0.15, 0.2) is 0 Å². The van der Waals surface area contributed by atoms with Gasteiger partial charge in [-0.05, 0) is 25.0 Å². The molecule has 2 rings (SSSR count). The Bertz CT molecular complexity index is 511. The summed E-state index contributed by atoms with van der Waals surface area (Å²) in [5.41, 5.74) is 1.23. The summed E-state index contributed by atoms with van der Waals surface area (Å²) in [6, 6.07) is 10.4. The lowest BCUT2D eigenvalue weighted by Gasteiger charge is -2.36. The molecule has 1 aliphatic heterocycles. The summed E-state index contributed by atoms with van der Waals surface area (Å²) in [7, 11) is 1.42. The van der Waals surface area contributed by atoms with Gasteiger partial charge in [-0.3, -0.25) is 9.59 Å². The topological polar surface area (TPSA) is 49.9 Å². The predicted molar refractivity (Wildman–Crippen MR) is 95.0 cm³/mol. The summed E-state index contributed by atoms with van der Waals surface area (Å²) >= 11 is 0. The standard InChI is InChI=1S/C19H28N2O3/c1-24-19(23)12-8-3-2-7-11-18(22)21-15-13-20(14-16-21)17-9-5-4-6-10-17/h4-6,9-10H,2-3,7-8,11-16H2,1H3. The molecule has 1 amide bonds. The highest BCUT2D eigenvalue weighted by atomic mass is 16.5. The Hall–Kier alpha value is -2.04. The molecule has 5 heteroatoms. The molecule has 0 unspecified atom stereocenters. The van der Waals surface area contributed by atoms with Crippen LogP contribution in [-0.4, -0.2) is 50.1 Å². The first-order valence-corrected chi connectivity index (χ1v) is 8.85. The molecule has 5 nitrogen and oxygen atoms in total. The Labute approximate surface area is 144 Å². The van der Waals surface area contributed by atoms with Crippen molar-refractivity contribution in [1.82, 2.24) is 4.90 Å². The number of hydrogen-bond acceptors (Lipinski definition) is 4. The maximum Gasteiger partial charge on any atom is 0.305 e. The van der Waals surface area contributed by atoms with E-state index in [9.17, 15) is 9.59 Å². The van der Waals surface area contributed by atoms with Crippen LogP contribution in [0.5, 0.6) is 0 Å². The lowest BCUT2D eigenvalue weighted by Crippen LogP contribution is -2.48. The van der Waals surface area contributed by atoms with E-state index in [2.05, 4.69) is 21.8 Å². The van der Waals surface area contributed by atoms with Crippen molar-refractivity contribution in [2.24, 2.45) is 0 Å². The van der Waals surface area contributed by atoms with Gasteiger partial charge in [-0.1, -0.05) is 31.0 Å². The van der Waals surface area contributed by atoms with Gasteiger partial charge < -0.3 is 14.5 Å². The van der Waals surface area contributed by atoms with Gasteiger partial charge >= 0.3 is 5.97 Å². The van der Waals surface area contributed by atoms with E-state index < -0.39 is 0 Å². The van der Waals surface area contributed by atoms with E-state index in [4.69, 9.17) is 0 Å². The Morgan fingerprint density at radius 1 is 0.917 bits per heavy atom. The zero-order chi connectivity index (χ0) is 17.2. The highest BCUT2D eigenvalue weighted by Crippen LogP contribution is 2.16. The van der Waals surface area contributed by atoms with Crippen molar-refractivity contribution in [3.05, 3.63) is 30.3 Å². The van der Waals surface area contributed by atoms with E-state index in [0.29, 0.717) is 12.8 Å². The fourth-order valence-corrected chi connectivity index (χ4v) is 3.01. The van der Waals surface area contributed by atoms with Crippen LogP contribution in [0.3, 0.4) is 0 Å². The SMILES string of the molecule is COC(=O)CCCCCCC(=O)N1CCN(c2ccccc2)CC1. The van der Waals surface area contributed by atoms with Gasteiger partial charge in [-0.2, -0.15) is 0 Å². The second-order valence-electron chi connectivity index (χ2n) is 6.19. The number of amides is 1. The number of esters is 1. The summed E-state index contributed by atoms with van der Waals surface area (Å²) in [6.45, 7) is 3.40. The van der Waals surface area contributed by atoms with E-state index in [1.165, 1.54) is 12.8 Å². The predicted octanol–water partition coefficient (Wildman–Crippen LogP) is 2.85. The largest absolute Gasteiger partial charge is 0.469 e. The van der Waals surface area contributed by atoms with E-state index >= 15 is 0 Å². The minimum atomic E-state index is -0.151. The van der Waals surface area contributed by atoms with Crippen molar-refractivity contribution >= 4 is 17.6 Å². The summed E-state index contributed by atoms with van der Waals surface area (Å²) in [4.78, 5) is 27.6. The van der Waals surface area contributed by atoms with Crippen LogP contribution in [0, 0.1) is 0 Å². The van der Waals surface area contributed by atoms with E-state index in [1.54, 1.807) is 0 Å². The average Bonchev–Trinajstić information content (AvgIpc) is 2.65. The molecule has 1 fully saturated rings. The molecule has 0 saturated carbocycles. The summed E-state index contributed by atoms with van der Waals surface area (Å²) < 4.78 is 4.61. The number of anilines is 1. The zero-order valence-corrected chi connectivity index (χ0v) is 14.6. The molecule has 1 aliphatic rings. The molecule has 1 aromatic carbocycles. The monoisotopic (exact) mass is 332 g/mol. The Kier molecular flexibility index (Phi) is 7.59. The number of hydrogen-bond donors (Lipinski definition) is 0. The van der Waals surface area contributed by atoms with Crippen molar-refractivity contribution < 1.29 is 14.3 Å². The van der Waals surface area contributed by atoms with Crippen molar-refractivity contribution in [1.29, 1.82) is 0 Å². The van der Waals surface area contributed by atoms with Crippen molar-refractivity contribution in [2.45, 2.75) is 38.5 Å². The van der Waals surface area contributed by atoms with Crippen LogP contribution >= 0.6 is 0 Å². The van der Waals surface area contributed by atoms with Crippen LogP contribution < -0.4 is 4.90 Å². The van der Waals surface area contributed by atoms with Gasteiger partial charge in [0.2, 0.25) is 5.91 Å². The van der Waals surface area contributed by atoms with Crippen molar-refractivity contribution in [2.75, 3.05) is 38.2 Å². The molecule has 0 radical (unpaired) electrons. The highest BCUT2D eigenvalue weighted by molar-refractivity contribution is 5.76. The number of carbonyl (C=O) groups excluding carboxylic acids is 2. The number of piperazine rings is 1. The number of methoxy groups -OCH3 is 1. The molecule has 1 saturated heterocycles. The lowest BCUT2D eigenvalue weighted by atomic mass is 10.1. The third-order valence-corrected chi connectivity index (χ3v) is 4.50. The second-order valence-corrected chi connectivity index (χ2v) is 6.19. The van der Waals surface area contributed by atoms with Gasteiger partial charge in [-0.15, -0.1) is 0 Å². The number of carbonyl (C=O) groups is 2. The summed E-state index contributed by atoms with van der Waals surface area (Å²) in [5.74, 6) is 0.109. The molecular weight excluding hydrogens is 304 g/mol. The molecule has 0 aromatic heterocycles. The van der Waals surface area contributed by atoms with Crippen LogP contribution in [0.25, 0.3) is 0 Å². The quantitative estimate of drug-likeness (QED) is 0.542. The number of benzene rings is 1. The van der Waals surface area contributed by atoms with Gasteiger partial charge in [0.05, 0.1) is 7.11 Å². The second kappa shape index (κ2) is 9.96. The van der Waals surface area contributed by atoms with Crippen molar-refractivity contribution in [3.63, 3.8) is 0 Å². The molecular formula is C19H28N2O3. The average molecular weight is 332 g/mol. The number of unbranched alkanes of at least 4 members (excludes halogenated alkanes) is 3. The maximum atomic E-state index is 12.3. The van der Waals surface area contributed by atoms with Crippen LogP contribution in [-0.2, 0) is 14.3 Å². The number of para-hydroxylation sites is 1. The summed E-state index contributed by atoms with van der Waals surface area (Å²) in [6.07, 6.45) is 4.81. The number of nitrogens with zero attached hydrogens (tertiary/aromatic N) is 2. The highest BCUT2D eigenvalue weighted by Gasteiger charge is 2.20. The fourth-order valence-electron chi connectivity index (χ4n) is 3.01. The van der Waals surface area contributed by atoms with Gasteiger partial charge in [-0.25, -0.2) is 0 Å². The van der Waals surface area contributed by atoms with Gasteiger partial charge in [0.1, 0.15) is 0 Å². The fraction of sp³-hybridized carbons (Fsp3) is 0.579. The first-order chi connectivity index (χ1) is 11.7. The first kappa shape index (κ1) is 18.3. The maximum absolute atomic E-state index is 12.3. The molecule has 0 atom stereocenters. The normalized spacial score (nSPS) is 14.5. The molecule has 0 bridgehead atoms. The first-order valence-electron chi connectivity index (χ1n) is 8.85. The molecule has 0 spiro atoms. The van der Waals surface area contributed by atoms with Gasteiger partial charge in [0.25, 0.3) is 0 Å².